The number of hydrogen-bond donors (Lipinski definition) is 1. The Morgan fingerprint density at radius 2 is 2.43 bits per heavy atom. The summed E-state index contributed by atoms with van der Waals surface area (Å²) in [5.74, 6) is 0. The van der Waals surface area contributed by atoms with Gasteiger partial charge in [-0.15, -0.1) is 0 Å². The maximum absolute atomic E-state index is 9.14. The Hall–Kier alpha value is -1.62. The zero-order valence-electron chi connectivity index (χ0n) is 11.6. The first kappa shape index (κ1) is 14.3. The molecule has 1 aliphatic rings. The summed E-state index contributed by atoms with van der Waals surface area (Å²) >= 11 is 7.11. The Labute approximate surface area is 131 Å². The lowest BCUT2D eigenvalue weighted by atomic mass is 10.0. The molecule has 3 rings (SSSR count). The topological polar surface area (TPSA) is 75.8 Å². The van der Waals surface area contributed by atoms with Crippen molar-refractivity contribution in [3.63, 3.8) is 0 Å². The van der Waals surface area contributed by atoms with Crippen molar-refractivity contribution in [2.75, 3.05) is 11.9 Å². The predicted octanol–water partition coefficient (Wildman–Crippen LogP) is 2.65. The van der Waals surface area contributed by atoms with Crippen LogP contribution in [0, 0.1) is 18.3 Å². The van der Waals surface area contributed by atoms with E-state index in [0.29, 0.717) is 17.2 Å². The second kappa shape index (κ2) is 5.64. The fourth-order valence-electron chi connectivity index (χ4n) is 2.47. The van der Waals surface area contributed by atoms with Crippen molar-refractivity contribution < 1.29 is 4.74 Å². The van der Waals surface area contributed by atoms with Crippen LogP contribution in [-0.4, -0.2) is 26.8 Å². The van der Waals surface area contributed by atoms with Crippen LogP contribution in [0.4, 0.5) is 5.00 Å². The van der Waals surface area contributed by atoms with E-state index < -0.39 is 0 Å². The van der Waals surface area contributed by atoms with Gasteiger partial charge in [-0.2, -0.15) is 14.7 Å². The Balaban J connectivity index is 1.85. The smallest absolute Gasteiger partial charge is 0.162 e. The first-order valence-corrected chi connectivity index (χ1v) is 7.69. The largest absolute Gasteiger partial charge is 0.371 e. The fraction of sp³-hybridized carbons (Fsp3) is 0.462. The lowest BCUT2D eigenvalue weighted by Gasteiger charge is -2.19. The van der Waals surface area contributed by atoms with Crippen LogP contribution >= 0.6 is 23.1 Å². The summed E-state index contributed by atoms with van der Waals surface area (Å²) in [6.07, 6.45) is 2.62. The van der Waals surface area contributed by atoms with Crippen molar-refractivity contribution in [3.05, 3.63) is 28.2 Å². The predicted molar refractivity (Wildman–Crippen MR) is 80.5 cm³/mol. The van der Waals surface area contributed by atoms with Gasteiger partial charge < -0.3 is 10.1 Å². The second-order valence-corrected chi connectivity index (χ2v) is 6.06. The van der Waals surface area contributed by atoms with Crippen molar-refractivity contribution >= 4 is 28.1 Å². The van der Waals surface area contributed by atoms with Crippen molar-refractivity contribution in [2.45, 2.75) is 25.5 Å². The molecule has 8 heteroatoms. The highest BCUT2D eigenvalue weighted by Crippen LogP contribution is 2.36. The monoisotopic (exact) mass is 323 g/mol. The van der Waals surface area contributed by atoms with Gasteiger partial charge in [0.15, 0.2) is 5.15 Å². The molecule has 0 aliphatic carbocycles. The average Bonchev–Trinajstić information content (AvgIpc) is 3.14. The lowest BCUT2D eigenvalue weighted by molar-refractivity contribution is 0.107. The number of hydrogen-bond acceptors (Lipinski definition) is 6. The minimum Gasteiger partial charge on any atom is -0.371 e. The maximum Gasteiger partial charge on any atom is 0.162 e. The van der Waals surface area contributed by atoms with E-state index in [1.165, 1.54) is 11.5 Å². The first-order valence-electron chi connectivity index (χ1n) is 6.53. The molecule has 2 aromatic heterocycles. The molecular weight excluding hydrogens is 310 g/mol. The van der Waals surface area contributed by atoms with Crippen LogP contribution < -0.4 is 5.32 Å². The molecule has 1 aliphatic heterocycles. The molecule has 0 saturated carbocycles. The van der Waals surface area contributed by atoms with Gasteiger partial charge in [0.2, 0.25) is 0 Å². The number of rotatable bonds is 3. The summed E-state index contributed by atoms with van der Waals surface area (Å²) in [4.78, 5) is 0. The van der Waals surface area contributed by atoms with Crippen LogP contribution in [0.1, 0.15) is 29.3 Å². The maximum atomic E-state index is 9.14. The van der Waals surface area contributed by atoms with E-state index in [0.717, 1.165) is 17.7 Å². The van der Waals surface area contributed by atoms with Gasteiger partial charge in [0.1, 0.15) is 22.7 Å². The van der Waals surface area contributed by atoms with Crippen LogP contribution in [0.3, 0.4) is 0 Å². The highest BCUT2D eigenvalue weighted by molar-refractivity contribution is 7.10. The van der Waals surface area contributed by atoms with E-state index in [2.05, 4.69) is 20.9 Å². The summed E-state index contributed by atoms with van der Waals surface area (Å²) in [6, 6.07) is 2.16. The minimum absolute atomic E-state index is 0.0777. The fourth-order valence-corrected chi connectivity index (χ4v) is 3.47. The number of aromatic nitrogens is 3. The number of halogens is 1. The molecule has 1 saturated heterocycles. The molecule has 21 heavy (non-hydrogen) atoms. The van der Waals surface area contributed by atoms with Crippen molar-refractivity contribution in [1.82, 2.24) is 14.2 Å². The number of nitriles is 1. The highest BCUT2D eigenvalue weighted by atomic mass is 35.5. The summed E-state index contributed by atoms with van der Waals surface area (Å²) in [7, 11) is 1.91. The van der Waals surface area contributed by atoms with Gasteiger partial charge in [-0.1, -0.05) is 11.6 Å². The van der Waals surface area contributed by atoms with Crippen LogP contribution in [0.15, 0.2) is 6.20 Å². The van der Waals surface area contributed by atoms with Gasteiger partial charge in [0.05, 0.1) is 12.2 Å². The normalized spacial score (nSPS) is 21.4. The SMILES string of the molecule is Cc1c([C@H]2OCC[C@@H]2Nc2snc(Cl)c2C#N)cnn1C. The molecule has 1 fully saturated rings. The second-order valence-electron chi connectivity index (χ2n) is 4.93. The molecule has 2 aromatic rings. The van der Waals surface area contributed by atoms with Crippen LogP contribution in [0.25, 0.3) is 0 Å². The third-order valence-corrected chi connectivity index (χ3v) is 4.90. The van der Waals surface area contributed by atoms with Gasteiger partial charge in [0, 0.05) is 24.9 Å². The van der Waals surface area contributed by atoms with Gasteiger partial charge in [-0.3, -0.25) is 4.68 Å². The molecule has 1 N–H and O–H groups in total. The number of aryl methyl sites for hydroxylation is 1. The Morgan fingerprint density at radius 1 is 1.62 bits per heavy atom. The minimum atomic E-state index is -0.0777. The standard InChI is InChI=1S/C13H14ClN5OS/c1-7-9(6-16-19(7)2)11-10(3-4-20-11)17-13-8(5-15)12(14)18-21-13/h6,10-11,17H,3-4H2,1-2H3/t10-,11+/m0/s1. The molecule has 3 heterocycles. The number of anilines is 1. The summed E-state index contributed by atoms with van der Waals surface area (Å²) in [5, 5.41) is 17.7. The van der Waals surface area contributed by atoms with Gasteiger partial charge in [0.25, 0.3) is 0 Å². The number of ether oxygens (including phenoxy) is 1. The summed E-state index contributed by atoms with van der Waals surface area (Å²) in [5.41, 5.74) is 2.55. The molecule has 0 amide bonds. The molecule has 110 valence electrons. The Kier molecular flexibility index (Phi) is 3.85. The molecular formula is C13H14ClN5OS. The third kappa shape index (κ3) is 2.50. The molecule has 0 spiro atoms. The third-order valence-electron chi connectivity index (χ3n) is 3.75. The Morgan fingerprint density at radius 3 is 3.10 bits per heavy atom. The molecule has 0 unspecified atom stereocenters. The number of nitrogens with one attached hydrogen (secondary N) is 1. The van der Waals surface area contributed by atoms with Crippen LogP contribution in [-0.2, 0) is 11.8 Å². The van der Waals surface area contributed by atoms with E-state index in [4.69, 9.17) is 21.6 Å². The van der Waals surface area contributed by atoms with E-state index in [1.807, 2.05) is 24.9 Å². The van der Waals surface area contributed by atoms with E-state index >= 15 is 0 Å². The van der Waals surface area contributed by atoms with Gasteiger partial charge in [-0.05, 0) is 24.9 Å². The van der Waals surface area contributed by atoms with Crippen molar-refractivity contribution in [3.8, 4) is 6.07 Å². The van der Waals surface area contributed by atoms with Crippen LogP contribution in [0.2, 0.25) is 5.15 Å². The molecule has 2 atom stereocenters. The average molecular weight is 324 g/mol. The number of nitrogens with zero attached hydrogens (tertiary/aromatic N) is 4. The first-order chi connectivity index (χ1) is 10.1. The van der Waals surface area contributed by atoms with E-state index in [1.54, 1.807) is 0 Å². The zero-order chi connectivity index (χ0) is 15.0. The highest BCUT2D eigenvalue weighted by Gasteiger charge is 2.33. The summed E-state index contributed by atoms with van der Waals surface area (Å²) < 4.78 is 11.7. The molecule has 0 aromatic carbocycles. The van der Waals surface area contributed by atoms with E-state index in [9.17, 15) is 0 Å². The van der Waals surface area contributed by atoms with Crippen LogP contribution in [0.5, 0.6) is 0 Å². The van der Waals surface area contributed by atoms with Crippen molar-refractivity contribution in [2.24, 2.45) is 7.05 Å². The Bertz CT molecular complexity index is 704. The van der Waals surface area contributed by atoms with E-state index in [-0.39, 0.29) is 17.3 Å². The van der Waals surface area contributed by atoms with Crippen molar-refractivity contribution in [1.29, 1.82) is 5.26 Å². The quantitative estimate of drug-likeness (QED) is 0.939. The van der Waals surface area contributed by atoms with Gasteiger partial charge in [-0.25, -0.2) is 0 Å². The van der Waals surface area contributed by atoms with Gasteiger partial charge >= 0.3 is 0 Å². The zero-order valence-corrected chi connectivity index (χ0v) is 13.2. The summed E-state index contributed by atoms with van der Waals surface area (Å²) in [6.45, 7) is 2.69. The lowest BCUT2D eigenvalue weighted by Crippen LogP contribution is -2.23. The molecule has 6 nitrogen and oxygen atoms in total. The molecule has 0 bridgehead atoms. The molecule has 0 radical (unpaired) electrons.